The van der Waals surface area contributed by atoms with E-state index in [4.69, 9.17) is 14.7 Å². The van der Waals surface area contributed by atoms with Gasteiger partial charge in [0.15, 0.2) is 0 Å². The molecule has 0 aromatic heterocycles. The molecule has 0 aliphatic rings. The third kappa shape index (κ3) is 6.50. The molecule has 2 rings (SSSR count). The smallest absolute Gasteiger partial charge is 0.416 e. The molecule has 2 aromatic carbocycles. The molecule has 0 unspecified atom stereocenters. The number of methoxy groups -OCH3 is 1. The number of nitrogens with zero attached hydrogens (tertiary/aromatic N) is 1. The van der Waals surface area contributed by atoms with Gasteiger partial charge in [-0.05, 0) is 41.8 Å². The normalized spacial score (nSPS) is 11.1. The monoisotopic (exact) mass is 378 g/mol. The molecule has 1 N–H and O–H groups in total. The van der Waals surface area contributed by atoms with E-state index in [1.807, 2.05) is 18.2 Å². The fourth-order valence-corrected chi connectivity index (χ4v) is 2.53. The van der Waals surface area contributed by atoms with Gasteiger partial charge in [0.25, 0.3) is 0 Å². The van der Waals surface area contributed by atoms with Gasteiger partial charge in [-0.25, -0.2) is 0 Å². The summed E-state index contributed by atoms with van der Waals surface area (Å²) >= 11 is 0. The average Bonchev–Trinajstić information content (AvgIpc) is 2.65. The van der Waals surface area contributed by atoms with E-state index >= 15 is 0 Å². The molecule has 0 amide bonds. The maximum Gasteiger partial charge on any atom is 0.416 e. The lowest BCUT2D eigenvalue weighted by Crippen LogP contribution is -2.17. The van der Waals surface area contributed by atoms with Gasteiger partial charge in [0.2, 0.25) is 0 Å². The lowest BCUT2D eigenvalue weighted by atomic mass is 10.1. The van der Waals surface area contributed by atoms with E-state index in [0.717, 1.165) is 11.6 Å². The zero-order valence-electron chi connectivity index (χ0n) is 15.0. The van der Waals surface area contributed by atoms with Crippen LogP contribution in [0.1, 0.15) is 29.5 Å². The van der Waals surface area contributed by atoms with Crippen LogP contribution in [0.25, 0.3) is 0 Å². The van der Waals surface area contributed by atoms with Crippen LogP contribution in [-0.4, -0.2) is 13.7 Å². The summed E-state index contributed by atoms with van der Waals surface area (Å²) in [5, 5.41) is 11.5. The first-order valence-electron chi connectivity index (χ1n) is 8.47. The van der Waals surface area contributed by atoms with Crippen LogP contribution in [0, 0.1) is 11.3 Å². The van der Waals surface area contributed by atoms with E-state index in [1.54, 1.807) is 6.07 Å². The first-order valence-corrected chi connectivity index (χ1v) is 8.47. The second-order valence-electron chi connectivity index (χ2n) is 5.88. The number of benzene rings is 2. The highest BCUT2D eigenvalue weighted by Gasteiger charge is 2.33. The molecule has 144 valence electrons. The van der Waals surface area contributed by atoms with Gasteiger partial charge in [-0.1, -0.05) is 18.2 Å². The van der Waals surface area contributed by atoms with Crippen molar-refractivity contribution in [1.29, 1.82) is 5.26 Å². The maximum atomic E-state index is 13.2. The molecule has 0 bridgehead atoms. The van der Waals surface area contributed by atoms with E-state index in [9.17, 15) is 13.2 Å². The van der Waals surface area contributed by atoms with Crippen molar-refractivity contribution in [3.8, 4) is 17.6 Å². The van der Waals surface area contributed by atoms with Gasteiger partial charge in [-0.15, -0.1) is 0 Å². The van der Waals surface area contributed by atoms with Gasteiger partial charge >= 0.3 is 6.18 Å². The second-order valence-corrected chi connectivity index (χ2v) is 5.88. The van der Waals surface area contributed by atoms with Crippen molar-refractivity contribution in [2.45, 2.75) is 32.1 Å². The molecule has 0 spiro atoms. The van der Waals surface area contributed by atoms with Crippen LogP contribution in [-0.2, 0) is 19.3 Å². The molecule has 0 aliphatic carbocycles. The van der Waals surface area contributed by atoms with Crippen LogP contribution in [0.15, 0.2) is 42.5 Å². The first-order chi connectivity index (χ1) is 12.9. The first kappa shape index (κ1) is 20.6. The van der Waals surface area contributed by atoms with Crippen molar-refractivity contribution in [3.63, 3.8) is 0 Å². The predicted molar refractivity (Wildman–Crippen MR) is 95.3 cm³/mol. The minimum atomic E-state index is -4.44. The van der Waals surface area contributed by atoms with Crippen LogP contribution in [0.5, 0.6) is 11.5 Å². The zero-order valence-corrected chi connectivity index (χ0v) is 15.0. The van der Waals surface area contributed by atoms with Crippen molar-refractivity contribution < 1.29 is 22.6 Å². The lowest BCUT2D eigenvalue weighted by molar-refractivity contribution is -0.138. The Morgan fingerprint density at radius 1 is 1.07 bits per heavy atom. The van der Waals surface area contributed by atoms with E-state index in [1.165, 1.54) is 19.2 Å². The Morgan fingerprint density at radius 2 is 1.89 bits per heavy atom. The van der Waals surface area contributed by atoms with Crippen LogP contribution < -0.4 is 14.8 Å². The van der Waals surface area contributed by atoms with Crippen molar-refractivity contribution >= 4 is 0 Å². The summed E-state index contributed by atoms with van der Waals surface area (Å²) in [4.78, 5) is 0. The molecular formula is C20H21F3N2O2. The van der Waals surface area contributed by atoms with Gasteiger partial charge in [-0.3, -0.25) is 0 Å². The average molecular weight is 378 g/mol. The van der Waals surface area contributed by atoms with E-state index in [2.05, 4.69) is 11.4 Å². The highest BCUT2D eigenvalue weighted by molar-refractivity contribution is 5.37. The van der Waals surface area contributed by atoms with Gasteiger partial charge in [0.05, 0.1) is 25.3 Å². The molecule has 7 heteroatoms. The SMILES string of the molecule is COc1ccc(CNCc2cccc(OCCCC#N)c2)c(C(F)(F)F)c1. The molecule has 0 saturated heterocycles. The van der Waals surface area contributed by atoms with Crippen molar-refractivity contribution in [1.82, 2.24) is 5.32 Å². The number of hydrogen-bond donors (Lipinski definition) is 1. The number of hydrogen-bond acceptors (Lipinski definition) is 4. The molecule has 2 aromatic rings. The highest BCUT2D eigenvalue weighted by Crippen LogP contribution is 2.34. The Morgan fingerprint density at radius 3 is 2.59 bits per heavy atom. The molecule has 0 saturated carbocycles. The Hall–Kier alpha value is -2.72. The number of rotatable bonds is 9. The van der Waals surface area contributed by atoms with E-state index in [-0.39, 0.29) is 17.9 Å². The molecule has 0 radical (unpaired) electrons. The minimum Gasteiger partial charge on any atom is -0.497 e. The molecule has 0 heterocycles. The van der Waals surface area contributed by atoms with Crippen LogP contribution in [0.4, 0.5) is 13.2 Å². The summed E-state index contributed by atoms with van der Waals surface area (Å²) in [6.07, 6.45) is -3.36. The Bertz CT molecular complexity index is 786. The highest BCUT2D eigenvalue weighted by atomic mass is 19.4. The third-order valence-electron chi connectivity index (χ3n) is 3.87. The molecule has 27 heavy (non-hydrogen) atoms. The standard InChI is InChI=1S/C20H21F3N2O2/c1-26-17-8-7-16(19(12-17)20(21,22)23)14-25-13-15-5-4-6-18(11-15)27-10-3-2-9-24/h4-8,11-12,25H,2-3,10,13-14H2,1H3. The number of unbranched alkanes of at least 4 members (excludes halogenated alkanes) is 1. The van der Waals surface area contributed by atoms with Crippen LogP contribution in [0.2, 0.25) is 0 Å². The number of nitrogens with one attached hydrogen (secondary N) is 1. The summed E-state index contributed by atoms with van der Waals surface area (Å²) in [6.45, 7) is 0.927. The molecule has 4 nitrogen and oxygen atoms in total. The topological polar surface area (TPSA) is 54.3 Å². The molecular weight excluding hydrogens is 357 g/mol. The van der Waals surface area contributed by atoms with Gasteiger partial charge in [0, 0.05) is 19.5 Å². The van der Waals surface area contributed by atoms with Gasteiger partial charge in [-0.2, -0.15) is 18.4 Å². The predicted octanol–water partition coefficient (Wildman–Crippen LogP) is 4.69. The number of halogens is 3. The summed E-state index contributed by atoms with van der Waals surface area (Å²) in [5.41, 5.74) is 0.353. The van der Waals surface area contributed by atoms with Gasteiger partial charge < -0.3 is 14.8 Å². The number of nitriles is 1. The number of ether oxygens (including phenoxy) is 2. The van der Waals surface area contributed by atoms with Crippen molar-refractivity contribution in [2.75, 3.05) is 13.7 Å². The minimum absolute atomic E-state index is 0.0755. The van der Waals surface area contributed by atoms with Crippen LogP contribution in [0.3, 0.4) is 0 Å². The Labute approximate surface area is 156 Å². The summed E-state index contributed by atoms with van der Waals surface area (Å²) < 4.78 is 50.1. The van der Waals surface area contributed by atoms with Crippen LogP contribution >= 0.6 is 0 Å². The molecule has 0 aliphatic heterocycles. The quantitative estimate of drug-likeness (QED) is 0.644. The second kappa shape index (κ2) is 9.83. The fraction of sp³-hybridized carbons (Fsp3) is 0.350. The zero-order chi connectivity index (χ0) is 19.7. The Balaban J connectivity index is 1.96. The van der Waals surface area contributed by atoms with Gasteiger partial charge in [0.1, 0.15) is 11.5 Å². The van der Waals surface area contributed by atoms with E-state index in [0.29, 0.717) is 31.7 Å². The molecule has 0 fully saturated rings. The van der Waals surface area contributed by atoms with Crippen molar-refractivity contribution in [2.24, 2.45) is 0 Å². The van der Waals surface area contributed by atoms with Crippen molar-refractivity contribution in [3.05, 3.63) is 59.2 Å². The molecule has 0 atom stereocenters. The lowest BCUT2D eigenvalue weighted by Gasteiger charge is -2.15. The summed E-state index contributed by atoms with van der Waals surface area (Å²) in [5.74, 6) is 0.847. The summed E-state index contributed by atoms with van der Waals surface area (Å²) in [6, 6.07) is 13.3. The van der Waals surface area contributed by atoms with E-state index < -0.39 is 11.7 Å². The summed E-state index contributed by atoms with van der Waals surface area (Å²) in [7, 11) is 1.34. The third-order valence-corrected chi connectivity index (χ3v) is 3.87. The largest absolute Gasteiger partial charge is 0.497 e. The Kier molecular flexibility index (Phi) is 7.50. The number of alkyl halides is 3. The fourth-order valence-electron chi connectivity index (χ4n) is 2.53. The maximum absolute atomic E-state index is 13.2.